The van der Waals surface area contributed by atoms with Crippen molar-refractivity contribution in [2.24, 2.45) is 0 Å². The molecule has 0 spiro atoms. The maximum absolute atomic E-state index is 13.7. The van der Waals surface area contributed by atoms with E-state index in [2.05, 4.69) is 20.9 Å². The smallest absolute Gasteiger partial charge is 0.273 e. The van der Waals surface area contributed by atoms with Crippen LogP contribution in [0.4, 0.5) is 0 Å². The van der Waals surface area contributed by atoms with E-state index in [-0.39, 0.29) is 5.91 Å². The number of carbonyl (C=O) groups is 1. The van der Waals surface area contributed by atoms with Crippen molar-refractivity contribution in [2.75, 3.05) is 0 Å². The summed E-state index contributed by atoms with van der Waals surface area (Å²) in [7, 11) is 0. The highest BCUT2D eigenvalue weighted by molar-refractivity contribution is 9.10. The van der Waals surface area contributed by atoms with Gasteiger partial charge in [-0.05, 0) is 52.5 Å². The molecular weight excluding hydrogens is 426 g/mol. The number of rotatable bonds is 5. The van der Waals surface area contributed by atoms with Crippen molar-refractivity contribution in [3.63, 3.8) is 0 Å². The van der Waals surface area contributed by atoms with Gasteiger partial charge < -0.3 is 4.90 Å². The summed E-state index contributed by atoms with van der Waals surface area (Å²) < 4.78 is 2.83. The van der Waals surface area contributed by atoms with Gasteiger partial charge in [-0.1, -0.05) is 60.7 Å². The molecule has 0 fully saturated rings. The van der Waals surface area contributed by atoms with Crippen LogP contribution in [-0.2, 0) is 13.1 Å². The molecule has 2 heterocycles. The highest BCUT2D eigenvalue weighted by atomic mass is 79.9. The van der Waals surface area contributed by atoms with Crippen LogP contribution in [0.5, 0.6) is 0 Å². The first-order valence-electron chi connectivity index (χ1n) is 9.55. The van der Waals surface area contributed by atoms with Gasteiger partial charge in [0.1, 0.15) is 11.3 Å². The maximum Gasteiger partial charge on any atom is 0.273 e. The Morgan fingerprint density at radius 3 is 2.07 bits per heavy atom. The molecular formula is C24H22BrN3O. The van der Waals surface area contributed by atoms with Crippen LogP contribution >= 0.6 is 15.9 Å². The zero-order chi connectivity index (χ0) is 20.4. The molecule has 0 aliphatic heterocycles. The Hall–Kier alpha value is -2.92. The van der Waals surface area contributed by atoms with Crippen LogP contribution in [-0.4, -0.2) is 20.2 Å². The van der Waals surface area contributed by atoms with E-state index in [1.54, 1.807) is 0 Å². The Morgan fingerprint density at radius 2 is 1.52 bits per heavy atom. The highest BCUT2D eigenvalue weighted by Gasteiger charge is 2.24. The van der Waals surface area contributed by atoms with E-state index in [0.717, 1.165) is 32.5 Å². The first-order chi connectivity index (χ1) is 14.0. The van der Waals surface area contributed by atoms with Gasteiger partial charge in [0, 0.05) is 23.8 Å². The van der Waals surface area contributed by atoms with Gasteiger partial charge in [0.05, 0.1) is 5.69 Å². The van der Waals surface area contributed by atoms with Crippen LogP contribution in [0.1, 0.15) is 32.9 Å². The van der Waals surface area contributed by atoms with E-state index < -0.39 is 0 Å². The second-order valence-electron chi connectivity index (χ2n) is 7.21. The van der Waals surface area contributed by atoms with Gasteiger partial charge in [-0.25, -0.2) is 4.98 Å². The second kappa shape index (κ2) is 8.21. The van der Waals surface area contributed by atoms with Crippen LogP contribution in [0.3, 0.4) is 0 Å². The molecule has 1 amide bonds. The number of aryl methyl sites for hydroxylation is 2. The number of imidazole rings is 1. The third kappa shape index (κ3) is 4.10. The number of benzene rings is 2. The quantitative estimate of drug-likeness (QED) is 0.401. The second-order valence-corrected chi connectivity index (χ2v) is 8.13. The number of carbonyl (C=O) groups excluding carboxylic acids is 1. The molecule has 29 heavy (non-hydrogen) atoms. The van der Waals surface area contributed by atoms with Crippen molar-refractivity contribution in [3.05, 3.63) is 105 Å². The lowest BCUT2D eigenvalue weighted by Gasteiger charge is -2.23. The SMILES string of the molecule is Cc1nc2c(C)cc(Br)cn2c1C(=O)N(Cc1ccccc1)Cc1ccccc1. The largest absolute Gasteiger partial charge is 0.329 e. The highest BCUT2D eigenvalue weighted by Crippen LogP contribution is 2.23. The van der Waals surface area contributed by atoms with E-state index >= 15 is 0 Å². The molecule has 0 saturated carbocycles. The number of hydrogen-bond acceptors (Lipinski definition) is 2. The van der Waals surface area contributed by atoms with E-state index in [9.17, 15) is 4.79 Å². The summed E-state index contributed by atoms with van der Waals surface area (Å²) >= 11 is 3.55. The van der Waals surface area contributed by atoms with Gasteiger partial charge in [0.2, 0.25) is 0 Å². The van der Waals surface area contributed by atoms with E-state index in [0.29, 0.717) is 18.8 Å². The van der Waals surface area contributed by atoms with Crippen molar-refractivity contribution < 1.29 is 4.79 Å². The summed E-state index contributed by atoms with van der Waals surface area (Å²) in [6.45, 7) is 4.98. The lowest BCUT2D eigenvalue weighted by atomic mass is 10.1. The standard InChI is InChI=1S/C24H22BrN3O/c1-17-13-21(25)16-28-22(18(2)26-23(17)28)24(29)27(14-19-9-5-3-6-10-19)15-20-11-7-4-8-12-20/h3-13,16H,14-15H2,1-2H3. The van der Waals surface area contributed by atoms with Gasteiger partial charge in [0.25, 0.3) is 5.91 Å². The number of fused-ring (bicyclic) bond motifs is 1. The first kappa shape index (κ1) is 19.4. The molecule has 0 unspecified atom stereocenters. The molecule has 5 heteroatoms. The van der Waals surface area contributed by atoms with Crippen molar-refractivity contribution in [3.8, 4) is 0 Å². The molecule has 0 N–H and O–H groups in total. The number of aromatic nitrogens is 2. The van der Waals surface area contributed by atoms with Gasteiger partial charge in [-0.15, -0.1) is 0 Å². The van der Waals surface area contributed by atoms with E-state index in [1.807, 2.05) is 96.1 Å². The van der Waals surface area contributed by atoms with Crippen molar-refractivity contribution >= 4 is 27.5 Å². The molecule has 146 valence electrons. The van der Waals surface area contributed by atoms with Crippen molar-refractivity contribution in [2.45, 2.75) is 26.9 Å². The minimum Gasteiger partial charge on any atom is -0.329 e. The number of nitrogens with zero attached hydrogens (tertiary/aromatic N) is 3. The summed E-state index contributed by atoms with van der Waals surface area (Å²) in [5.41, 5.74) is 5.38. The summed E-state index contributed by atoms with van der Waals surface area (Å²) in [5.74, 6) is -0.0276. The molecule has 0 aliphatic rings. The Morgan fingerprint density at radius 1 is 0.966 bits per heavy atom. The molecule has 0 radical (unpaired) electrons. The maximum atomic E-state index is 13.7. The molecule has 2 aromatic heterocycles. The zero-order valence-electron chi connectivity index (χ0n) is 16.5. The fourth-order valence-corrected chi connectivity index (χ4v) is 4.14. The van der Waals surface area contributed by atoms with E-state index in [1.165, 1.54) is 0 Å². The topological polar surface area (TPSA) is 37.6 Å². The monoisotopic (exact) mass is 447 g/mol. The summed E-state index contributed by atoms with van der Waals surface area (Å²) in [6, 6.07) is 22.2. The molecule has 2 aromatic carbocycles. The Kier molecular flexibility index (Phi) is 5.49. The van der Waals surface area contributed by atoms with Crippen LogP contribution in [0.15, 0.2) is 77.4 Å². The number of pyridine rings is 1. The fourth-order valence-electron chi connectivity index (χ4n) is 3.60. The third-order valence-electron chi connectivity index (χ3n) is 4.97. The number of halogens is 1. The van der Waals surface area contributed by atoms with Gasteiger partial charge >= 0.3 is 0 Å². The zero-order valence-corrected chi connectivity index (χ0v) is 18.1. The van der Waals surface area contributed by atoms with Crippen LogP contribution in [0.2, 0.25) is 0 Å². The molecule has 4 rings (SSSR count). The lowest BCUT2D eigenvalue weighted by molar-refractivity contribution is 0.0722. The summed E-state index contributed by atoms with van der Waals surface area (Å²) in [5, 5.41) is 0. The van der Waals surface area contributed by atoms with Gasteiger partial charge in [-0.3, -0.25) is 9.20 Å². The third-order valence-corrected chi connectivity index (χ3v) is 5.40. The lowest BCUT2D eigenvalue weighted by Crippen LogP contribution is -2.31. The predicted octanol–water partition coefficient (Wildman–Crippen LogP) is 5.56. The number of hydrogen-bond donors (Lipinski definition) is 0. The molecule has 4 aromatic rings. The number of amides is 1. The molecule has 0 bridgehead atoms. The van der Waals surface area contributed by atoms with Gasteiger partial charge in [0.15, 0.2) is 0 Å². The molecule has 4 nitrogen and oxygen atoms in total. The molecule has 0 aliphatic carbocycles. The van der Waals surface area contributed by atoms with Gasteiger partial charge in [-0.2, -0.15) is 0 Å². The summed E-state index contributed by atoms with van der Waals surface area (Å²) in [4.78, 5) is 20.3. The van der Waals surface area contributed by atoms with Crippen molar-refractivity contribution in [1.82, 2.24) is 14.3 Å². The molecule has 0 atom stereocenters. The van der Waals surface area contributed by atoms with Crippen LogP contribution < -0.4 is 0 Å². The van der Waals surface area contributed by atoms with Crippen LogP contribution in [0.25, 0.3) is 5.65 Å². The first-order valence-corrected chi connectivity index (χ1v) is 10.3. The Balaban J connectivity index is 1.77. The van der Waals surface area contributed by atoms with E-state index in [4.69, 9.17) is 0 Å². The average molecular weight is 448 g/mol. The average Bonchev–Trinajstić information content (AvgIpc) is 3.05. The Bertz CT molecular complexity index is 1110. The van der Waals surface area contributed by atoms with Crippen molar-refractivity contribution in [1.29, 1.82) is 0 Å². The molecule has 0 saturated heterocycles. The van der Waals surface area contributed by atoms with Crippen LogP contribution in [0, 0.1) is 13.8 Å². The Labute approximate surface area is 178 Å². The predicted molar refractivity (Wildman–Crippen MR) is 119 cm³/mol. The summed E-state index contributed by atoms with van der Waals surface area (Å²) in [6.07, 6.45) is 1.92. The minimum absolute atomic E-state index is 0.0276. The normalized spacial score (nSPS) is 11.0. The minimum atomic E-state index is -0.0276. The fraction of sp³-hybridized carbons (Fsp3) is 0.167.